The second kappa shape index (κ2) is 13.9. The van der Waals surface area contributed by atoms with Gasteiger partial charge in [-0.2, -0.15) is 18.4 Å². The molecule has 1 aromatic heterocycles. The highest BCUT2D eigenvalue weighted by Crippen LogP contribution is 2.32. The van der Waals surface area contributed by atoms with E-state index in [9.17, 15) is 18.0 Å². The first-order valence-corrected chi connectivity index (χ1v) is 13.0. The van der Waals surface area contributed by atoms with Gasteiger partial charge in [0.15, 0.2) is 0 Å². The summed E-state index contributed by atoms with van der Waals surface area (Å²) in [5.41, 5.74) is 7.66. The van der Waals surface area contributed by atoms with Crippen LogP contribution in [0.3, 0.4) is 0 Å². The SMILES string of the molecule is CCN(Cc1ccccc1C(F)(F)F)C(=S)CC[C@@H](CN)NC(=O)Cc1cncn1Cc1ccc(C#N)cc1. The molecule has 3 rings (SSSR count). The van der Waals surface area contributed by atoms with E-state index in [0.717, 1.165) is 17.3 Å². The van der Waals surface area contributed by atoms with Crippen molar-refractivity contribution in [3.05, 3.63) is 89.0 Å². The maximum Gasteiger partial charge on any atom is 0.416 e. The molecule has 0 spiro atoms. The van der Waals surface area contributed by atoms with Gasteiger partial charge in [0.1, 0.15) is 0 Å². The number of carbonyl (C=O) groups is 1. The van der Waals surface area contributed by atoms with Gasteiger partial charge in [0.25, 0.3) is 0 Å². The summed E-state index contributed by atoms with van der Waals surface area (Å²) >= 11 is 5.54. The van der Waals surface area contributed by atoms with Crippen LogP contribution in [-0.4, -0.2) is 44.5 Å². The lowest BCUT2D eigenvalue weighted by molar-refractivity contribution is -0.138. The van der Waals surface area contributed by atoms with E-state index in [1.54, 1.807) is 35.6 Å². The summed E-state index contributed by atoms with van der Waals surface area (Å²) in [6, 6.07) is 14.4. The minimum atomic E-state index is -4.44. The predicted molar refractivity (Wildman–Crippen MR) is 147 cm³/mol. The van der Waals surface area contributed by atoms with Crippen molar-refractivity contribution in [3.63, 3.8) is 0 Å². The maximum atomic E-state index is 13.4. The minimum absolute atomic E-state index is 0.0495. The molecule has 3 N–H and O–H groups in total. The van der Waals surface area contributed by atoms with E-state index in [4.69, 9.17) is 23.2 Å². The van der Waals surface area contributed by atoms with Gasteiger partial charge in [-0.25, -0.2) is 4.98 Å². The predicted octanol–water partition coefficient (Wildman–Crippen LogP) is 4.44. The Labute approximate surface area is 231 Å². The highest BCUT2D eigenvalue weighted by Gasteiger charge is 2.33. The van der Waals surface area contributed by atoms with Crippen LogP contribution in [0.2, 0.25) is 0 Å². The third-order valence-electron chi connectivity index (χ3n) is 6.35. The largest absolute Gasteiger partial charge is 0.416 e. The van der Waals surface area contributed by atoms with Crippen LogP contribution in [0.1, 0.15) is 47.7 Å². The van der Waals surface area contributed by atoms with Gasteiger partial charge in [-0.3, -0.25) is 4.79 Å². The number of nitriles is 1. The van der Waals surface area contributed by atoms with Crippen molar-refractivity contribution < 1.29 is 18.0 Å². The summed E-state index contributed by atoms with van der Waals surface area (Å²) in [6.45, 7) is 3.04. The molecule has 0 aliphatic heterocycles. The number of hydrogen-bond acceptors (Lipinski definition) is 5. The summed E-state index contributed by atoms with van der Waals surface area (Å²) in [6.07, 6.45) is -0.195. The number of hydrogen-bond donors (Lipinski definition) is 2. The third-order valence-corrected chi connectivity index (χ3v) is 6.81. The molecule has 1 heterocycles. The molecule has 1 amide bonds. The maximum absolute atomic E-state index is 13.4. The number of halogens is 3. The summed E-state index contributed by atoms with van der Waals surface area (Å²) in [5.74, 6) is -0.218. The van der Waals surface area contributed by atoms with Crippen molar-refractivity contribution in [2.24, 2.45) is 5.73 Å². The number of thiocarbonyl (C=S) groups is 1. The van der Waals surface area contributed by atoms with Gasteiger partial charge in [0, 0.05) is 44.1 Å². The van der Waals surface area contributed by atoms with Crippen molar-refractivity contribution in [1.29, 1.82) is 5.26 Å². The van der Waals surface area contributed by atoms with E-state index in [-0.39, 0.29) is 37.0 Å². The standard InChI is InChI=1S/C28H31F3N6OS/c1-2-36(18-22-5-3-4-6-25(22)28(29,30)31)27(39)12-11-23(15-33)35-26(38)13-24-16-34-19-37(24)17-21-9-7-20(14-32)8-10-21/h3-10,16,19,23H,2,11-13,15,17-18,33H2,1H3,(H,35,38)/t23-/m0/s1. The second-order valence-electron chi connectivity index (χ2n) is 9.10. The molecule has 0 unspecified atom stereocenters. The van der Waals surface area contributed by atoms with Crippen LogP contribution in [0.4, 0.5) is 13.2 Å². The fraction of sp³-hybridized carbons (Fsp3) is 0.357. The molecule has 206 valence electrons. The zero-order valence-electron chi connectivity index (χ0n) is 21.6. The number of alkyl halides is 3. The first kappa shape index (κ1) is 29.8. The summed E-state index contributed by atoms with van der Waals surface area (Å²) < 4.78 is 42.1. The van der Waals surface area contributed by atoms with Crippen LogP contribution in [-0.2, 0) is 30.5 Å². The second-order valence-corrected chi connectivity index (χ2v) is 9.57. The first-order chi connectivity index (χ1) is 18.6. The van der Waals surface area contributed by atoms with Gasteiger partial charge in [-0.1, -0.05) is 42.5 Å². The van der Waals surface area contributed by atoms with Crippen molar-refractivity contribution in [3.8, 4) is 6.07 Å². The van der Waals surface area contributed by atoms with Crippen molar-refractivity contribution in [2.45, 2.75) is 51.5 Å². The molecule has 0 radical (unpaired) electrons. The van der Waals surface area contributed by atoms with Crippen molar-refractivity contribution in [1.82, 2.24) is 19.8 Å². The van der Waals surface area contributed by atoms with Crippen LogP contribution < -0.4 is 11.1 Å². The van der Waals surface area contributed by atoms with Crippen LogP contribution in [0, 0.1) is 11.3 Å². The van der Waals surface area contributed by atoms with Crippen molar-refractivity contribution >= 4 is 23.1 Å². The summed E-state index contributed by atoms with van der Waals surface area (Å²) in [5, 5.41) is 11.9. The highest BCUT2D eigenvalue weighted by molar-refractivity contribution is 7.80. The Hall–Kier alpha value is -3.75. The molecule has 0 aliphatic rings. The fourth-order valence-electron chi connectivity index (χ4n) is 4.18. The number of nitrogens with zero attached hydrogens (tertiary/aromatic N) is 4. The molecular formula is C28H31F3N6OS. The number of imidazole rings is 1. The Morgan fingerprint density at radius 2 is 1.95 bits per heavy atom. The Morgan fingerprint density at radius 1 is 1.23 bits per heavy atom. The molecule has 0 saturated heterocycles. The molecule has 39 heavy (non-hydrogen) atoms. The molecule has 7 nitrogen and oxygen atoms in total. The Kier molecular flexibility index (Phi) is 10.6. The summed E-state index contributed by atoms with van der Waals surface area (Å²) in [4.78, 5) is 19.2. The van der Waals surface area contributed by atoms with Crippen LogP contribution in [0.5, 0.6) is 0 Å². The molecule has 0 aliphatic carbocycles. The van der Waals surface area contributed by atoms with E-state index in [1.807, 2.05) is 23.6 Å². The number of nitrogens with two attached hydrogens (primary N) is 1. The van der Waals surface area contributed by atoms with Gasteiger partial charge < -0.3 is 20.5 Å². The molecule has 3 aromatic rings. The smallest absolute Gasteiger partial charge is 0.362 e. The van der Waals surface area contributed by atoms with E-state index < -0.39 is 11.7 Å². The van der Waals surface area contributed by atoms with E-state index in [2.05, 4.69) is 16.4 Å². The van der Waals surface area contributed by atoms with Crippen LogP contribution in [0.25, 0.3) is 0 Å². The lowest BCUT2D eigenvalue weighted by Gasteiger charge is -2.26. The number of aromatic nitrogens is 2. The highest BCUT2D eigenvalue weighted by atomic mass is 32.1. The van der Waals surface area contributed by atoms with Crippen LogP contribution in [0.15, 0.2) is 61.1 Å². The third kappa shape index (κ3) is 8.63. The quantitative estimate of drug-likeness (QED) is 0.320. The number of benzene rings is 2. The average Bonchev–Trinajstić information content (AvgIpc) is 3.35. The minimum Gasteiger partial charge on any atom is -0.362 e. The lowest BCUT2D eigenvalue weighted by Crippen LogP contribution is -2.42. The van der Waals surface area contributed by atoms with Crippen molar-refractivity contribution in [2.75, 3.05) is 13.1 Å². The monoisotopic (exact) mass is 556 g/mol. The van der Waals surface area contributed by atoms with Gasteiger partial charge in [0.05, 0.1) is 34.9 Å². The van der Waals surface area contributed by atoms with Gasteiger partial charge in [-0.05, 0) is 49.1 Å². The van der Waals surface area contributed by atoms with Gasteiger partial charge in [-0.15, -0.1) is 0 Å². The zero-order valence-corrected chi connectivity index (χ0v) is 22.4. The van der Waals surface area contributed by atoms with E-state index >= 15 is 0 Å². The van der Waals surface area contributed by atoms with Gasteiger partial charge in [0.2, 0.25) is 5.91 Å². The number of carbonyl (C=O) groups excluding carboxylic acids is 1. The number of amides is 1. The Balaban J connectivity index is 1.54. The molecule has 0 saturated carbocycles. The summed E-state index contributed by atoms with van der Waals surface area (Å²) in [7, 11) is 0. The fourth-order valence-corrected chi connectivity index (χ4v) is 4.50. The molecular weight excluding hydrogens is 525 g/mol. The van der Waals surface area contributed by atoms with Gasteiger partial charge >= 0.3 is 6.18 Å². The first-order valence-electron chi connectivity index (χ1n) is 12.5. The average molecular weight is 557 g/mol. The molecule has 11 heteroatoms. The lowest BCUT2D eigenvalue weighted by atomic mass is 10.1. The normalized spacial score (nSPS) is 12.0. The zero-order chi connectivity index (χ0) is 28.4. The van der Waals surface area contributed by atoms with E-state index in [0.29, 0.717) is 36.5 Å². The van der Waals surface area contributed by atoms with Crippen LogP contribution >= 0.6 is 12.2 Å². The molecule has 0 fully saturated rings. The number of nitrogens with one attached hydrogen (secondary N) is 1. The van der Waals surface area contributed by atoms with E-state index in [1.165, 1.54) is 12.1 Å². The number of rotatable bonds is 12. The molecule has 2 aromatic carbocycles. The molecule has 1 atom stereocenters. The Bertz CT molecular complexity index is 1300. The Morgan fingerprint density at radius 3 is 2.59 bits per heavy atom. The topological polar surface area (TPSA) is 100.0 Å². The molecule has 0 bridgehead atoms.